The molecule has 52 valence electrons. The number of carboxylic acids is 1. The van der Waals surface area contributed by atoms with Crippen molar-refractivity contribution in [3.8, 4) is 0 Å². The average molecular weight is 130 g/mol. The maximum absolute atomic E-state index is 10.2. The van der Waals surface area contributed by atoms with Crippen molar-refractivity contribution >= 4 is 11.9 Å². The minimum absolute atomic E-state index is 0.369. The van der Waals surface area contributed by atoms with Crippen LogP contribution < -0.4 is 10.4 Å². The molecule has 4 heteroatoms. The molecular weight excluding hydrogens is 122 g/mol. The Labute approximate surface area is 52.9 Å². The molecule has 0 aliphatic rings. The quantitative estimate of drug-likeness (QED) is 0.482. The first-order valence-electron chi connectivity index (χ1n) is 2.52. The lowest BCUT2D eigenvalue weighted by Crippen LogP contribution is -2.45. The van der Waals surface area contributed by atoms with Gasteiger partial charge in [0.15, 0.2) is 0 Å². The molecule has 1 amide bonds. The van der Waals surface area contributed by atoms with Crippen molar-refractivity contribution < 1.29 is 14.7 Å². The van der Waals surface area contributed by atoms with Gasteiger partial charge in [-0.2, -0.15) is 0 Å². The van der Waals surface area contributed by atoms with E-state index >= 15 is 0 Å². The maximum Gasteiger partial charge on any atom is 0.217 e. The SMILES string of the molecule is CC(=O)NC(C)C(=O)[O-]. The normalized spacial score (nSPS) is 12.2. The number of carbonyl (C=O) groups excluding carboxylic acids is 2. The Kier molecular flexibility index (Phi) is 2.70. The molecule has 1 unspecified atom stereocenters. The summed E-state index contributed by atoms with van der Waals surface area (Å²) in [6, 6.07) is -0.900. The third kappa shape index (κ3) is 3.52. The highest BCUT2D eigenvalue weighted by Gasteiger charge is 2.01. The zero-order valence-corrected chi connectivity index (χ0v) is 5.30. The minimum Gasteiger partial charge on any atom is -0.548 e. The lowest BCUT2D eigenvalue weighted by atomic mass is 10.3. The van der Waals surface area contributed by atoms with E-state index in [1.165, 1.54) is 13.8 Å². The van der Waals surface area contributed by atoms with Crippen LogP contribution in [0.4, 0.5) is 0 Å². The second-order valence-corrected chi connectivity index (χ2v) is 1.74. The maximum atomic E-state index is 10.2. The summed E-state index contributed by atoms with van der Waals surface area (Å²) in [6.45, 7) is 2.59. The summed E-state index contributed by atoms with van der Waals surface area (Å²) in [6.07, 6.45) is 0. The molecule has 0 aliphatic carbocycles. The van der Waals surface area contributed by atoms with Gasteiger partial charge in [-0.05, 0) is 6.92 Å². The van der Waals surface area contributed by atoms with Crippen LogP contribution in [0.15, 0.2) is 0 Å². The summed E-state index contributed by atoms with van der Waals surface area (Å²) in [4.78, 5) is 20.1. The van der Waals surface area contributed by atoms with E-state index in [1.807, 2.05) is 0 Å². The van der Waals surface area contributed by atoms with Crippen LogP contribution in [-0.2, 0) is 9.59 Å². The fourth-order valence-electron chi connectivity index (χ4n) is 0.364. The summed E-state index contributed by atoms with van der Waals surface area (Å²) < 4.78 is 0. The molecule has 0 aromatic rings. The van der Waals surface area contributed by atoms with Crippen molar-refractivity contribution in [3.05, 3.63) is 0 Å². The van der Waals surface area contributed by atoms with Crippen LogP contribution >= 0.6 is 0 Å². The number of carboxylic acid groups (broad SMARTS) is 1. The van der Waals surface area contributed by atoms with E-state index < -0.39 is 12.0 Å². The molecule has 0 bridgehead atoms. The van der Waals surface area contributed by atoms with E-state index in [0.717, 1.165) is 0 Å². The van der Waals surface area contributed by atoms with Crippen molar-refractivity contribution in [1.29, 1.82) is 0 Å². The summed E-state index contributed by atoms with van der Waals surface area (Å²) in [5.41, 5.74) is 0. The van der Waals surface area contributed by atoms with Gasteiger partial charge in [0, 0.05) is 6.92 Å². The summed E-state index contributed by atoms with van der Waals surface area (Å²) in [7, 11) is 0. The molecule has 0 saturated heterocycles. The van der Waals surface area contributed by atoms with Crippen molar-refractivity contribution in [2.75, 3.05) is 0 Å². The Balaban J connectivity index is 3.63. The highest BCUT2D eigenvalue weighted by atomic mass is 16.4. The molecule has 0 radical (unpaired) electrons. The van der Waals surface area contributed by atoms with Gasteiger partial charge in [0.1, 0.15) is 0 Å². The lowest BCUT2D eigenvalue weighted by molar-refractivity contribution is -0.307. The van der Waals surface area contributed by atoms with Gasteiger partial charge in [-0.1, -0.05) is 0 Å². The molecular formula is C5H8NO3-. The number of rotatable bonds is 2. The average Bonchev–Trinajstić information content (AvgIpc) is 1.63. The molecule has 0 heterocycles. The number of aliphatic carboxylic acids is 1. The zero-order valence-electron chi connectivity index (χ0n) is 5.30. The third-order valence-corrected chi connectivity index (χ3v) is 0.773. The molecule has 0 aromatic carbocycles. The van der Waals surface area contributed by atoms with Crippen molar-refractivity contribution in [2.45, 2.75) is 19.9 Å². The molecule has 4 nitrogen and oxygen atoms in total. The van der Waals surface area contributed by atoms with E-state index in [0.29, 0.717) is 0 Å². The van der Waals surface area contributed by atoms with Crippen LogP contribution in [0.1, 0.15) is 13.8 Å². The van der Waals surface area contributed by atoms with Gasteiger partial charge in [-0.25, -0.2) is 0 Å². The molecule has 1 N–H and O–H groups in total. The molecule has 0 spiro atoms. The summed E-state index contributed by atoms with van der Waals surface area (Å²) in [5.74, 6) is -1.64. The number of carbonyl (C=O) groups is 2. The largest absolute Gasteiger partial charge is 0.548 e. The molecule has 0 saturated carbocycles. The Hall–Kier alpha value is -1.06. The number of hydrogen-bond acceptors (Lipinski definition) is 3. The predicted molar refractivity (Wildman–Crippen MR) is 28.3 cm³/mol. The first kappa shape index (κ1) is 7.94. The highest BCUT2D eigenvalue weighted by Crippen LogP contribution is 1.75. The summed E-state index contributed by atoms with van der Waals surface area (Å²) in [5, 5.41) is 12.1. The zero-order chi connectivity index (χ0) is 7.44. The van der Waals surface area contributed by atoms with Gasteiger partial charge in [0.25, 0.3) is 0 Å². The highest BCUT2D eigenvalue weighted by molar-refractivity contribution is 5.80. The fraction of sp³-hybridized carbons (Fsp3) is 0.600. The third-order valence-electron chi connectivity index (χ3n) is 0.773. The Morgan fingerprint density at radius 3 is 2.11 bits per heavy atom. The Morgan fingerprint density at radius 2 is 2.00 bits per heavy atom. The summed E-state index contributed by atoms with van der Waals surface area (Å²) >= 11 is 0. The number of hydrogen-bond donors (Lipinski definition) is 1. The van der Waals surface area contributed by atoms with Crippen molar-refractivity contribution in [1.82, 2.24) is 5.32 Å². The molecule has 0 aliphatic heterocycles. The van der Waals surface area contributed by atoms with Gasteiger partial charge in [-0.3, -0.25) is 4.79 Å². The minimum atomic E-state index is -1.27. The van der Waals surface area contributed by atoms with Crippen LogP contribution in [0.2, 0.25) is 0 Å². The van der Waals surface area contributed by atoms with Crippen LogP contribution in [0.25, 0.3) is 0 Å². The Bertz CT molecular complexity index is 132. The van der Waals surface area contributed by atoms with Gasteiger partial charge >= 0.3 is 0 Å². The van der Waals surface area contributed by atoms with Crippen LogP contribution in [-0.4, -0.2) is 17.9 Å². The second kappa shape index (κ2) is 3.06. The standard InChI is InChI=1S/C5H9NO3/c1-3(5(8)9)6-4(2)7/h3H,1-2H3,(H,6,7)(H,8,9)/p-1. The molecule has 0 fully saturated rings. The van der Waals surface area contributed by atoms with Crippen LogP contribution in [0.3, 0.4) is 0 Å². The van der Waals surface area contributed by atoms with Crippen LogP contribution in [0.5, 0.6) is 0 Å². The van der Waals surface area contributed by atoms with Gasteiger partial charge in [-0.15, -0.1) is 0 Å². The topological polar surface area (TPSA) is 69.2 Å². The van der Waals surface area contributed by atoms with Gasteiger partial charge in [0.2, 0.25) is 5.91 Å². The molecule has 9 heavy (non-hydrogen) atoms. The van der Waals surface area contributed by atoms with Crippen molar-refractivity contribution in [3.63, 3.8) is 0 Å². The van der Waals surface area contributed by atoms with E-state index in [2.05, 4.69) is 5.32 Å². The van der Waals surface area contributed by atoms with E-state index in [-0.39, 0.29) is 5.91 Å². The van der Waals surface area contributed by atoms with Gasteiger partial charge in [0.05, 0.1) is 12.0 Å². The van der Waals surface area contributed by atoms with E-state index in [9.17, 15) is 14.7 Å². The molecule has 1 atom stereocenters. The monoisotopic (exact) mass is 130 g/mol. The van der Waals surface area contributed by atoms with E-state index in [4.69, 9.17) is 0 Å². The smallest absolute Gasteiger partial charge is 0.217 e. The van der Waals surface area contributed by atoms with E-state index in [1.54, 1.807) is 0 Å². The Morgan fingerprint density at radius 1 is 1.56 bits per heavy atom. The first-order valence-corrected chi connectivity index (χ1v) is 2.52. The first-order chi connectivity index (χ1) is 4.04. The van der Waals surface area contributed by atoms with Gasteiger partial charge < -0.3 is 15.2 Å². The number of nitrogens with one attached hydrogen (secondary N) is 1. The second-order valence-electron chi connectivity index (χ2n) is 1.74. The van der Waals surface area contributed by atoms with Crippen molar-refractivity contribution in [2.24, 2.45) is 0 Å². The molecule has 0 rings (SSSR count). The predicted octanol–water partition coefficient (Wildman–Crippen LogP) is -1.74. The molecule has 0 aromatic heterocycles. The fourth-order valence-corrected chi connectivity index (χ4v) is 0.364. The lowest BCUT2D eigenvalue weighted by Gasteiger charge is -2.11. The van der Waals surface area contributed by atoms with Crippen LogP contribution in [0, 0.1) is 0 Å². The number of amides is 1.